The molecule has 4 heteroatoms. The Morgan fingerprint density at radius 1 is 0.880 bits per heavy atom. The Balaban J connectivity index is 1.51. The van der Waals surface area contributed by atoms with E-state index >= 15 is 0 Å². The summed E-state index contributed by atoms with van der Waals surface area (Å²) in [6, 6.07) is 24.5. The number of nitrogens with two attached hydrogens (primary N) is 1. The number of nitrogens with one attached hydrogen (secondary N) is 1. The fourth-order valence-electron chi connectivity index (χ4n) is 2.46. The second-order valence-corrected chi connectivity index (χ2v) is 5.73. The standard InChI is InChI=1S/C21H20N2O2/c22-17-6-4-5-16(15-17)9-14-21(24)23-18-10-12-20(13-11-18)25-19-7-2-1-3-8-19/h1-8,10-13,15H,9,14,22H2,(H,23,24). The van der Waals surface area contributed by atoms with Gasteiger partial charge in [0.2, 0.25) is 5.91 Å². The Kier molecular flexibility index (Phi) is 5.32. The number of hydrogen-bond acceptors (Lipinski definition) is 3. The van der Waals surface area contributed by atoms with Gasteiger partial charge in [0.15, 0.2) is 0 Å². The predicted molar refractivity (Wildman–Crippen MR) is 101 cm³/mol. The van der Waals surface area contributed by atoms with Crippen molar-refractivity contribution in [2.24, 2.45) is 0 Å². The molecular weight excluding hydrogens is 312 g/mol. The SMILES string of the molecule is Nc1cccc(CCC(=O)Nc2ccc(Oc3ccccc3)cc2)c1. The molecule has 0 saturated carbocycles. The summed E-state index contributed by atoms with van der Waals surface area (Å²) in [5.74, 6) is 1.48. The van der Waals surface area contributed by atoms with Crippen molar-refractivity contribution in [2.75, 3.05) is 11.1 Å². The van der Waals surface area contributed by atoms with E-state index < -0.39 is 0 Å². The van der Waals surface area contributed by atoms with Crippen molar-refractivity contribution < 1.29 is 9.53 Å². The average molecular weight is 332 g/mol. The fraction of sp³-hybridized carbons (Fsp3) is 0.0952. The zero-order valence-corrected chi connectivity index (χ0v) is 13.8. The largest absolute Gasteiger partial charge is 0.457 e. The Morgan fingerprint density at radius 3 is 2.32 bits per heavy atom. The molecule has 0 radical (unpaired) electrons. The highest BCUT2D eigenvalue weighted by molar-refractivity contribution is 5.90. The zero-order valence-electron chi connectivity index (χ0n) is 13.8. The minimum Gasteiger partial charge on any atom is -0.457 e. The van der Waals surface area contributed by atoms with Crippen LogP contribution in [0.2, 0.25) is 0 Å². The van der Waals surface area contributed by atoms with E-state index in [0.717, 1.165) is 22.7 Å². The zero-order chi connectivity index (χ0) is 17.5. The van der Waals surface area contributed by atoms with E-state index in [-0.39, 0.29) is 5.91 Å². The van der Waals surface area contributed by atoms with Gasteiger partial charge in [0.1, 0.15) is 11.5 Å². The molecule has 3 N–H and O–H groups in total. The number of benzene rings is 3. The summed E-state index contributed by atoms with van der Waals surface area (Å²) in [7, 11) is 0. The maximum atomic E-state index is 12.1. The van der Waals surface area contributed by atoms with Crippen molar-refractivity contribution >= 4 is 17.3 Å². The number of carbonyl (C=O) groups is 1. The van der Waals surface area contributed by atoms with Gasteiger partial charge in [0, 0.05) is 17.8 Å². The van der Waals surface area contributed by atoms with Gasteiger partial charge >= 0.3 is 0 Å². The maximum absolute atomic E-state index is 12.1. The molecule has 0 fully saturated rings. The molecule has 0 atom stereocenters. The fourth-order valence-corrected chi connectivity index (χ4v) is 2.46. The van der Waals surface area contributed by atoms with Gasteiger partial charge in [-0.05, 0) is 60.5 Å². The minimum atomic E-state index is -0.0286. The molecule has 3 rings (SSSR count). The quantitative estimate of drug-likeness (QED) is 0.647. The van der Waals surface area contributed by atoms with Crippen LogP contribution in [-0.4, -0.2) is 5.91 Å². The van der Waals surface area contributed by atoms with Crippen molar-refractivity contribution in [1.82, 2.24) is 0 Å². The van der Waals surface area contributed by atoms with E-state index in [2.05, 4.69) is 5.32 Å². The van der Waals surface area contributed by atoms with Crippen LogP contribution in [0.15, 0.2) is 78.9 Å². The van der Waals surface area contributed by atoms with Gasteiger partial charge in [-0.3, -0.25) is 4.79 Å². The molecular formula is C21H20N2O2. The minimum absolute atomic E-state index is 0.0286. The molecule has 0 unspecified atom stereocenters. The first kappa shape index (κ1) is 16.6. The second-order valence-electron chi connectivity index (χ2n) is 5.73. The van der Waals surface area contributed by atoms with Crippen LogP contribution in [-0.2, 0) is 11.2 Å². The Morgan fingerprint density at radius 2 is 1.60 bits per heavy atom. The third-order valence-corrected chi connectivity index (χ3v) is 3.71. The summed E-state index contributed by atoms with van der Waals surface area (Å²) in [5.41, 5.74) is 8.27. The number of hydrogen-bond donors (Lipinski definition) is 2. The normalized spacial score (nSPS) is 10.2. The van der Waals surface area contributed by atoms with E-state index in [9.17, 15) is 4.79 Å². The number of anilines is 2. The van der Waals surface area contributed by atoms with Crippen molar-refractivity contribution in [3.8, 4) is 11.5 Å². The molecule has 0 saturated heterocycles. The number of rotatable bonds is 6. The van der Waals surface area contributed by atoms with E-state index in [1.54, 1.807) is 0 Å². The maximum Gasteiger partial charge on any atom is 0.224 e. The molecule has 0 aliphatic carbocycles. The molecule has 0 aliphatic heterocycles. The third-order valence-electron chi connectivity index (χ3n) is 3.71. The third kappa shape index (κ3) is 5.11. The van der Waals surface area contributed by atoms with Crippen LogP contribution in [0.1, 0.15) is 12.0 Å². The van der Waals surface area contributed by atoms with E-state index in [0.29, 0.717) is 18.5 Å². The number of amides is 1. The first-order valence-electron chi connectivity index (χ1n) is 8.16. The molecule has 0 heterocycles. The summed E-state index contributed by atoms with van der Waals surface area (Å²) in [6.07, 6.45) is 1.07. The number of aryl methyl sites for hydroxylation is 1. The second kappa shape index (κ2) is 8.02. The summed E-state index contributed by atoms with van der Waals surface area (Å²) in [4.78, 5) is 12.1. The number of ether oxygens (including phenoxy) is 1. The average Bonchev–Trinajstić information content (AvgIpc) is 2.63. The van der Waals surface area contributed by atoms with Gasteiger partial charge in [-0.2, -0.15) is 0 Å². The Hall–Kier alpha value is -3.27. The lowest BCUT2D eigenvalue weighted by Gasteiger charge is -2.08. The monoisotopic (exact) mass is 332 g/mol. The molecule has 4 nitrogen and oxygen atoms in total. The summed E-state index contributed by atoms with van der Waals surface area (Å²) >= 11 is 0. The van der Waals surface area contributed by atoms with E-state index in [1.165, 1.54) is 0 Å². The van der Waals surface area contributed by atoms with Crippen LogP contribution in [0.5, 0.6) is 11.5 Å². The number of nitrogen functional groups attached to an aromatic ring is 1. The summed E-state index contributed by atoms with van der Waals surface area (Å²) in [5, 5.41) is 2.89. The van der Waals surface area contributed by atoms with Gasteiger partial charge in [-0.1, -0.05) is 30.3 Å². The molecule has 0 spiro atoms. The van der Waals surface area contributed by atoms with Crippen LogP contribution in [0, 0.1) is 0 Å². The molecule has 3 aromatic rings. The van der Waals surface area contributed by atoms with Crippen molar-refractivity contribution in [3.05, 3.63) is 84.4 Å². The molecule has 0 aromatic heterocycles. The van der Waals surface area contributed by atoms with E-state index in [1.807, 2.05) is 78.9 Å². The van der Waals surface area contributed by atoms with Crippen molar-refractivity contribution in [2.45, 2.75) is 12.8 Å². The van der Waals surface area contributed by atoms with Gasteiger partial charge in [0.05, 0.1) is 0 Å². The highest BCUT2D eigenvalue weighted by Crippen LogP contribution is 2.22. The van der Waals surface area contributed by atoms with Crippen LogP contribution in [0.25, 0.3) is 0 Å². The molecule has 0 aliphatic rings. The lowest BCUT2D eigenvalue weighted by Crippen LogP contribution is -2.12. The molecule has 3 aromatic carbocycles. The highest BCUT2D eigenvalue weighted by Gasteiger charge is 2.04. The molecule has 25 heavy (non-hydrogen) atoms. The lowest BCUT2D eigenvalue weighted by atomic mass is 10.1. The topological polar surface area (TPSA) is 64.4 Å². The van der Waals surface area contributed by atoms with Crippen LogP contribution in [0.4, 0.5) is 11.4 Å². The predicted octanol–water partition coefficient (Wildman–Crippen LogP) is 4.63. The number of para-hydroxylation sites is 1. The lowest BCUT2D eigenvalue weighted by molar-refractivity contribution is -0.116. The van der Waals surface area contributed by atoms with Gasteiger partial charge in [0.25, 0.3) is 0 Å². The van der Waals surface area contributed by atoms with Crippen LogP contribution < -0.4 is 15.8 Å². The Labute approximate surface area is 147 Å². The highest BCUT2D eigenvalue weighted by atomic mass is 16.5. The molecule has 1 amide bonds. The molecule has 126 valence electrons. The Bertz CT molecular complexity index is 830. The first-order chi connectivity index (χ1) is 12.2. The van der Waals surface area contributed by atoms with Gasteiger partial charge < -0.3 is 15.8 Å². The van der Waals surface area contributed by atoms with Crippen molar-refractivity contribution in [3.63, 3.8) is 0 Å². The van der Waals surface area contributed by atoms with E-state index in [4.69, 9.17) is 10.5 Å². The molecule has 0 bridgehead atoms. The van der Waals surface area contributed by atoms with Crippen LogP contribution >= 0.6 is 0 Å². The first-order valence-corrected chi connectivity index (χ1v) is 8.16. The smallest absolute Gasteiger partial charge is 0.224 e. The van der Waals surface area contributed by atoms with Gasteiger partial charge in [-0.25, -0.2) is 0 Å². The van der Waals surface area contributed by atoms with Gasteiger partial charge in [-0.15, -0.1) is 0 Å². The summed E-state index contributed by atoms with van der Waals surface area (Å²) < 4.78 is 5.73. The number of carbonyl (C=O) groups excluding carboxylic acids is 1. The summed E-state index contributed by atoms with van der Waals surface area (Å²) in [6.45, 7) is 0. The van der Waals surface area contributed by atoms with Crippen LogP contribution in [0.3, 0.4) is 0 Å². The van der Waals surface area contributed by atoms with Crippen molar-refractivity contribution in [1.29, 1.82) is 0 Å².